The Kier molecular flexibility index (Phi) is 6.98. The molecule has 0 radical (unpaired) electrons. The largest absolute Gasteiger partial charge is 0.493 e. The molecule has 1 atom stereocenters. The number of halogens is 1. The third-order valence-electron chi connectivity index (χ3n) is 2.57. The Morgan fingerprint density at radius 1 is 1.43 bits per heavy atom. The molecule has 21 heavy (non-hydrogen) atoms. The lowest BCUT2D eigenvalue weighted by Crippen LogP contribution is -2.38. The molecule has 1 unspecified atom stereocenters. The lowest BCUT2D eigenvalue weighted by Gasteiger charge is -2.15. The Bertz CT molecular complexity index is 506. The van der Waals surface area contributed by atoms with Crippen LogP contribution in [0.15, 0.2) is 12.1 Å². The summed E-state index contributed by atoms with van der Waals surface area (Å²) in [7, 11) is 2.97. The van der Waals surface area contributed by atoms with Gasteiger partial charge in [0.2, 0.25) is 0 Å². The number of hydrogen-bond donors (Lipinski definition) is 1. The van der Waals surface area contributed by atoms with E-state index in [2.05, 4.69) is 5.32 Å². The molecule has 0 aromatic heterocycles. The molecule has 116 valence electrons. The molecule has 0 heterocycles. The molecule has 7 heteroatoms. The number of ether oxygens (including phenoxy) is 3. The molecule has 0 aliphatic rings. The molecule has 1 N–H and O–H groups in total. The van der Waals surface area contributed by atoms with Gasteiger partial charge in [-0.1, -0.05) is 11.6 Å². The number of rotatable bonds is 8. The van der Waals surface area contributed by atoms with Crippen molar-refractivity contribution in [2.75, 3.05) is 27.4 Å². The molecule has 0 saturated carbocycles. The first-order chi connectivity index (χ1) is 10.0. The van der Waals surface area contributed by atoms with Gasteiger partial charge in [0.1, 0.15) is 0 Å². The van der Waals surface area contributed by atoms with Crippen LogP contribution in [-0.2, 0) is 9.53 Å². The average molecular weight is 316 g/mol. The maximum absolute atomic E-state index is 11.7. The lowest BCUT2D eigenvalue weighted by molar-refractivity contribution is -0.124. The zero-order valence-electron chi connectivity index (χ0n) is 12.1. The average Bonchev–Trinajstić information content (AvgIpc) is 2.44. The molecule has 0 spiro atoms. The first-order valence-corrected chi connectivity index (χ1v) is 6.63. The summed E-state index contributed by atoms with van der Waals surface area (Å²) in [4.78, 5) is 22.8. The molecule has 1 aromatic carbocycles. The molecular weight excluding hydrogens is 298 g/mol. The van der Waals surface area contributed by atoms with E-state index in [4.69, 9.17) is 25.8 Å². The van der Waals surface area contributed by atoms with Crippen LogP contribution in [0.4, 0.5) is 0 Å². The second-order valence-electron chi connectivity index (χ2n) is 4.36. The fourth-order valence-electron chi connectivity index (χ4n) is 1.73. The fourth-order valence-corrected chi connectivity index (χ4v) is 1.94. The molecule has 1 rings (SSSR count). The van der Waals surface area contributed by atoms with Crippen LogP contribution in [0.3, 0.4) is 0 Å². The van der Waals surface area contributed by atoms with Crippen molar-refractivity contribution in [1.29, 1.82) is 0 Å². The van der Waals surface area contributed by atoms with Gasteiger partial charge in [-0.25, -0.2) is 0 Å². The summed E-state index contributed by atoms with van der Waals surface area (Å²) < 4.78 is 15.4. The number of aldehydes is 1. The van der Waals surface area contributed by atoms with Gasteiger partial charge in [0.05, 0.1) is 19.3 Å². The Morgan fingerprint density at radius 2 is 2.14 bits per heavy atom. The van der Waals surface area contributed by atoms with Crippen molar-refractivity contribution in [2.24, 2.45) is 0 Å². The highest BCUT2D eigenvalue weighted by Crippen LogP contribution is 2.33. The van der Waals surface area contributed by atoms with Crippen LogP contribution >= 0.6 is 11.6 Å². The molecular formula is C14H18ClNO5. The van der Waals surface area contributed by atoms with E-state index in [1.54, 1.807) is 14.0 Å². The maximum atomic E-state index is 11.7. The zero-order valence-corrected chi connectivity index (χ0v) is 12.9. The number of hydrogen-bond acceptors (Lipinski definition) is 5. The number of nitrogens with one attached hydrogen (secondary N) is 1. The third-order valence-corrected chi connectivity index (χ3v) is 2.79. The van der Waals surface area contributed by atoms with E-state index in [9.17, 15) is 9.59 Å². The molecule has 0 aliphatic heterocycles. The van der Waals surface area contributed by atoms with Gasteiger partial charge in [-0.3, -0.25) is 9.59 Å². The van der Waals surface area contributed by atoms with Gasteiger partial charge < -0.3 is 19.5 Å². The first kappa shape index (κ1) is 17.3. The minimum absolute atomic E-state index is 0.135. The van der Waals surface area contributed by atoms with Gasteiger partial charge in [0, 0.05) is 24.2 Å². The van der Waals surface area contributed by atoms with E-state index in [0.717, 1.165) is 0 Å². The summed E-state index contributed by atoms with van der Waals surface area (Å²) in [6.07, 6.45) is 0.592. The van der Waals surface area contributed by atoms with Crippen LogP contribution in [0.2, 0.25) is 5.02 Å². The Hall–Kier alpha value is -1.79. The normalized spacial score (nSPS) is 11.6. The van der Waals surface area contributed by atoms with Gasteiger partial charge in [-0.05, 0) is 13.0 Å². The van der Waals surface area contributed by atoms with Crippen LogP contribution in [-0.4, -0.2) is 45.7 Å². The minimum atomic E-state index is -0.326. The second-order valence-corrected chi connectivity index (χ2v) is 4.79. The second kappa shape index (κ2) is 8.49. The topological polar surface area (TPSA) is 73.9 Å². The van der Waals surface area contributed by atoms with E-state index in [1.165, 1.54) is 19.2 Å². The molecule has 1 amide bonds. The van der Waals surface area contributed by atoms with Crippen molar-refractivity contribution in [1.82, 2.24) is 5.32 Å². The summed E-state index contributed by atoms with van der Waals surface area (Å²) in [5, 5.41) is 3.04. The van der Waals surface area contributed by atoms with Crippen molar-refractivity contribution in [2.45, 2.75) is 13.0 Å². The van der Waals surface area contributed by atoms with E-state index in [0.29, 0.717) is 23.7 Å². The molecule has 1 aromatic rings. The van der Waals surface area contributed by atoms with E-state index in [1.807, 2.05) is 0 Å². The monoisotopic (exact) mass is 315 g/mol. The summed E-state index contributed by atoms with van der Waals surface area (Å²) in [6, 6.07) is 2.82. The Labute approximate surface area is 128 Å². The zero-order chi connectivity index (χ0) is 15.8. The van der Waals surface area contributed by atoms with Crippen molar-refractivity contribution < 1.29 is 23.8 Å². The number of carbonyl (C=O) groups is 2. The van der Waals surface area contributed by atoms with Crippen LogP contribution in [0.5, 0.6) is 11.5 Å². The van der Waals surface area contributed by atoms with Crippen LogP contribution in [0.1, 0.15) is 17.3 Å². The third kappa shape index (κ3) is 5.24. The first-order valence-electron chi connectivity index (χ1n) is 6.25. The van der Waals surface area contributed by atoms with Gasteiger partial charge >= 0.3 is 0 Å². The van der Waals surface area contributed by atoms with E-state index < -0.39 is 0 Å². The van der Waals surface area contributed by atoms with Crippen molar-refractivity contribution in [3.05, 3.63) is 22.7 Å². The quantitative estimate of drug-likeness (QED) is 0.739. The van der Waals surface area contributed by atoms with Crippen molar-refractivity contribution >= 4 is 23.8 Å². The van der Waals surface area contributed by atoms with Gasteiger partial charge in [-0.15, -0.1) is 0 Å². The van der Waals surface area contributed by atoms with Crippen molar-refractivity contribution in [3.63, 3.8) is 0 Å². The highest BCUT2D eigenvalue weighted by Gasteiger charge is 2.15. The van der Waals surface area contributed by atoms with Crippen LogP contribution in [0, 0.1) is 0 Å². The summed E-state index contributed by atoms with van der Waals surface area (Å²) in [6.45, 7) is 1.96. The molecule has 0 fully saturated rings. The number of amides is 1. The predicted octanol–water partition coefficient (Wildman–Crippen LogP) is 1.69. The van der Waals surface area contributed by atoms with E-state index >= 15 is 0 Å². The summed E-state index contributed by atoms with van der Waals surface area (Å²) >= 11 is 5.86. The minimum Gasteiger partial charge on any atom is -0.493 e. The maximum Gasteiger partial charge on any atom is 0.258 e. The smallest absolute Gasteiger partial charge is 0.258 e. The van der Waals surface area contributed by atoms with Gasteiger partial charge in [0.15, 0.2) is 24.4 Å². The molecule has 0 aliphatic carbocycles. The fraction of sp³-hybridized carbons (Fsp3) is 0.429. The molecule has 6 nitrogen and oxygen atoms in total. The predicted molar refractivity (Wildman–Crippen MR) is 78.4 cm³/mol. The van der Waals surface area contributed by atoms with Gasteiger partial charge in [-0.2, -0.15) is 0 Å². The molecule has 0 saturated heterocycles. The Morgan fingerprint density at radius 3 is 2.71 bits per heavy atom. The summed E-state index contributed by atoms with van der Waals surface area (Å²) in [5.41, 5.74) is 0.220. The van der Waals surface area contributed by atoms with E-state index in [-0.39, 0.29) is 29.9 Å². The Balaban J connectivity index is 2.74. The van der Waals surface area contributed by atoms with Gasteiger partial charge in [0.25, 0.3) is 5.91 Å². The van der Waals surface area contributed by atoms with Crippen LogP contribution in [0.25, 0.3) is 0 Å². The van der Waals surface area contributed by atoms with Crippen molar-refractivity contribution in [3.8, 4) is 11.5 Å². The standard InChI is InChI=1S/C14H18ClNO5/c1-9(7-19-2)16-13(18)8-21-14-10(6-17)4-11(15)5-12(14)20-3/h4-6,9H,7-8H2,1-3H3,(H,16,18). The highest BCUT2D eigenvalue weighted by atomic mass is 35.5. The number of methoxy groups -OCH3 is 2. The lowest BCUT2D eigenvalue weighted by atomic mass is 10.2. The number of carbonyl (C=O) groups excluding carboxylic acids is 2. The van der Waals surface area contributed by atoms with Crippen LogP contribution < -0.4 is 14.8 Å². The highest BCUT2D eigenvalue weighted by molar-refractivity contribution is 6.31. The summed E-state index contributed by atoms with van der Waals surface area (Å²) in [5.74, 6) is 0.155. The number of benzene rings is 1. The molecule has 0 bridgehead atoms. The SMILES string of the molecule is COCC(C)NC(=O)COc1c(C=O)cc(Cl)cc1OC.